The summed E-state index contributed by atoms with van der Waals surface area (Å²) in [5, 5.41) is 12.4. The summed E-state index contributed by atoms with van der Waals surface area (Å²) in [7, 11) is 0. The Kier molecular flexibility index (Phi) is 2.46. The van der Waals surface area contributed by atoms with E-state index in [2.05, 4.69) is 31.2 Å². The van der Waals surface area contributed by atoms with Crippen molar-refractivity contribution in [2.75, 3.05) is 5.32 Å². The topological polar surface area (TPSA) is 58.0 Å². The van der Waals surface area contributed by atoms with Crippen LogP contribution in [-0.2, 0) is 0 Å². The van der Waals surface area contributed by atoms with Gasteiger partial charge in [-0.1, -0.05) is 0 Å². The van der Waals surface area contributed by atoms with E-state index in [-0.39, 0.29) is 12.1 Å². The highest BCUT2D eigenvalue weighted by molar-refractivity contribution is 9.10. The fourth-order valence-corrected chi connectivity index (χ4v) is 1.41. The normalized spacial score (nSPS) is 26.6. The lowest BCUT2D eigenvalue weighted by molar-refractivity contribution is 0.0782. The largest absolute Gasteiger partial charge is 0.391 e. The van der Waals surface area contributed by atoms with E-state index in [0.29, 0.717) is 5.95 Å². The van der Waals surface area contributed by atoms with Gasteiger partial charge in [0, 0.05) is 12.4 Å². The van der Waals surface area contributed by atoms with Crippen LogP contribution in [0.15, 0.2) is 16.9 Å². The number of anilines is 1. The fourth-order valence-electron chi connectivity index (χ4n) is 1.20. The van der Waals surface area contributed by atoms with E-state index >= 15 is 0 Å². The highest BCUT2D eigenvalue weighted by atomic mass is 79.9. The molecule has 2 N–H and O–H groups in total. The highest BCUT2D eigenvalue weighted by Crippen LogP contribution is 2.22. The van der Waals surface area contributed by atoms with Crippen LogP contribution in [0.1, 0.15) is 12.8 Å². The summed E-state index contributed by atoms with van der Waals surface area (Å²) in [5.74, 6) is 0.576. The Balaban J connectivity index is 1.98. The molecule has 1 heterocycles. The van der Waals surface area contributed by atoms with Crippen molar-refractivity contribution in [3.8, 4) is 0 Å². The van der Waals surface area contributed by atoms with Crippen LogP contribution in [0.2, 0.25) is 0 Å². The summed E-state index contributed by atoms with van der Waals surface area (Å²) in [6.07, 6.45) is 4.97. The Morgan fingerprint density at radius 1 is 1.38 bits per heavy atom. The predicted molar refractivity (Wildman–Crippen MR) is 52.4 cm³/mol. The maximum Gasteiger partial charge on any atom is 0.222 e. The molecule has 4 nitrogen and oxygen atoms in total. The minimum Gasteiger partial charge on any atom is -0.391 e. The van der Waals surface area contributed by atoms with Crippen molar-refractivity contribution < 1.29 is 5.11 Å². The second kappa shape index (κ2) is 3.59. The van der Waals surface area contributed by atoms with Gasteiger partial charge in [-0.15, -0.1) is 0 Å². The number of rotatable bonds is 2. The summed E-state index contributed by atoms with van der Waals surface area (Å²) >= 11 is 3.25. The highest BCUT2D eigenvalue weighted by Gasteiger charge is 2.28. The number of halogens is 1. The van der Waals surface area contributed by atoms with Crippen LogP contribution >= 0.6 is 15.9 Å². The van der Waals surface area contributed by atoms with Crippen molar-refractivity contribution >= 4 is 21.9 Å². The molecule has 5 heteroatoms. The SMILES string of the molecule is OC1CCC1Nc1ncc(Br)cn1. The van der Waals surface area contributed by atoms with Crippen LogP contribution in [0.5, 0.6) is 0 Å². The molecular weight excluding hydrogens is 234 g/mol. The maximum absolute atomic E-state index is 9.30. The summed E-state index contributed by atoms with van der Waals surface area (Å²) in [5.41, 5.74) is 0. The first kappa shape index (κ1) is 8.90. The van der Waals surface area contributed by atoms with Crippen molar-refractivity contribution in [3.05, 3.63) is 16.9 Å². The Labute approximate surface area is 84.5 Å². The molecule has 0 amide bonds. The average molecular weight is 244 g/mol. The van der Waals surface area contributed by atoms with E-state index < -0.39 is 0 Å². The molecule has 0 saturated heterocycles. The van der Waals surface area contributed by atoms with Crippen LogP contribution < -0.4 is 5.32 Å². The third-order valence-corrected chi connectivity index (χ3v) is 2.58. The van der Waals surface area contributed by atoms with Gasteiger partial charge in [-0.3, -0.25) is 0 Å². The van der Waals surface area contributed by atoms with Crippen molar-refractivity contribution in [1.29, 1.82) is 0 Å². The van der Waals surface area contributed by atoms with Crippen molar-refractivity contribution in [2.24, 2.45) is 0 Å². The van der Waals surface area contributed by atoms with Gasteiger partial charge in [-0.25, -0.2) is 9.97 Å². The van der Waals surface area contributed by atoms with E-state index in [4.69, 9.17) is 0 Å². The maximum atomic E-state index is 9.30. The molecule has 2 rings (SSSR count). The summed E-state index contributed by atoms with van der Waals surface area (Å²) in [6.45, 7) is 0. The minimum absolute atomic E-state index is 0.126. The van der Waals surface area contributed by atoms with Gasteiger partial charge in [0.05, 0.1) is 16.6 Å². The second-order valence-corrected chi connectivity index (χ2v) is 4.04. The standard InChI is InChI=1S/C8H10BrN3O/c9-5-3-10-8(11-4-5)12-6-1-2-7(6)13/h3-4,6-7,13H,1-2H2,(H,10,11,12). The molecule has 1 aliphatic rings. The van der Waals surface area contributed by atoms with Crippen LogP contribution in [0, 0.1) is 0 Å². The molecule has 0 spiro atoms. The van der Waals surface area contributed by atoms with Crippen LogP contribution in [-0.4, -0.2) is 27.2 Å². The lowest BCUT2D eigenvalue weighted by Crippen LogP contribution is -2.43. The molecule has 13 heavy (non-hydrogen) atoms. The minimum atomic E-state index is -0.243. The number of aliphatic hydroxyl groups is 1. The van der Waals surface area contributed by atoms with Gasteiger partial charge in [0.2, 0.25) is 5.95 Å². The first-order valence-corrected chi connectivity index (χ1v) is 4.97. The molecule has 0 bridgehead atoms. The van der Waals surface area contributed by atoms with Crippen molar-refractivity contribution in [1.82, 2.24) is 9.97 Å². The molecule has 0 radical (unpaired) electrons. The summed E-state index contributed by atoms with van der Waals surface area (Å²) in [6, 6.07) is 0.126. The van der Waals surface area contributed by atoms with Gasteiger partial charge in [0.25, 0.3) is 0 Å². The van der Waals surface area contributed by atoms with E-state index in [1.54, 1.807) is 12.4 Å². The molecular formula is C8H10BrN3O. The van der Waals surface area contributed by atoms with Gasteiger partial charge in [-0.2, -0.15) is 0 Å². The number of hydrogen-bond donors (Lipinski definition) is 2. The zero-order chi connectivity index (χ0) is 9.26. The third kappa shape index (κ3) is 1.97. The van der Waals surface area contributed by atoms with E-state index in [1.165, 1.54) is 0 Å². The molecule has 1 saturated carbocycles. The summed E-state index contributed by atoms with van der Waals surface area (Å²) < 4.78 is 0.854. The number of hydrogen-bond acceptors (Lipinski definition) is 4. The average Bonchev–Trinajstić information content (AvgIpc) is 2.15. The molecule has 2 atom stereocenters. The lowest BCUT2D eigenvalue weighted by Gasteiger charge is -2.32. The zero-order valence-corrected chi connectivity index (χ0v) is 8.53. The van der Waals surface area contributed by atoms with Crippen LogP contribution in [0.3, 0.4) is 0 Å². The second-order valence-electron chi connectivity index (χ2n) is 3.12. The Morgan fingerprint density at radius 3 is 2.54 bits per heavy atom. The molecule has 2 unspecified atom stereocenters. The monoisotopic (exact) mass is 243 g/mol. The van der Waals surface area contributed by atoms with Gasteiger partial charge >= 0.3 is 0 Å². The third-order valence-electron chi connectivity index (χ3n) is 2.17. The van der Waals surface area contributed by atoms with E-state index in [0.717, 1.165) is 17.3 Å². The van der Waals surface area contributed by atoms with Gasteiger partial charge in [-0.05, 0) is 28.8 Å². The molecule has 0 aliphatic heterocycles. The first-order valence-electron chi connectivity index (χ1n) is 4.18. The predicted octanol–water partition coefficient (Wildman–Crippen LogP) is 1.17. The number of nitrogens with zero attached hydrogens (tertiary/aromatic N) is 2. The smallest absolute Gasteiger partial charge is 0.222 e. The number of aromatic nitrogens is 2. The van der Waals surface area contributed by atoms with Crippen molar-refractivity contribution in [2.45, 2.75) is 25.0 Å². The molecule has 1 aromatic heterocycles. The fraction of sp³-hybridized carbons (Fsp3) is 0.500. The zero-order valence-electron chi connectivity index (χ0n) is 6.94. The quantitative estimate of drug-likeness (QED) is 0.819. The Hall–Kier alpha value is -0.680. The Morgan fingerprint density at radius 2 is 2.08 bits per heavy atom. The number of aliphatic hydroxyl groups excluding tert-OH is 1. The molecule has 1 fully saturated rings. The molecule has 0 aromatic carbocycles. The lowest BCUT2D eigenvalue weighted by atomic mass is 9.89. The molecule has 1 aromatic rings. The number of nitrogens with one attached hydrogen (secondary N) is 1. The Bertz CT molecular complexity index is 290. The summed E-state index contributed by atoms with van der Waals surface area (Å²) in [4.78, 5) is 8.11. The van der Waals surface area contributed by atoms with E-state index in [9.17, 15) is 5.11 Å². The van der Waals surface area contributed by atoms with Crippen LogP contribution in [0.4, 0.5) is 5.95 Å². The first-order chi connectivity index (χ1) is 6.25. The van der Waals surface area contributed by atoms with Gasteiger partial charge in [0.1, 0.15) is 0 Å². The van der Waals surface area contributed by atoms with E-state index in [1.807, 2.05) is 0 Å². The van der Waals surface area contributed by atoms with Gasteiger partial charge in [0.15, 0.2) is 0 Å². The molecule has 70 valence electrons. The van der Waals surface area contributed by atoms with Crippen molar-refractivity contribution in [3.63, 3.8) is 0 Å². The molecule has 1 aliphatic carbocycles. The van der Waals surface area contributed by atoms with Crippen LogP contribution in [0.25, 0.3) is 0 Å². The van der Waals surface area contributed by atoms with Gasteiger partial charge < -0.3 is 10.4 Å².